The minimum Gasteiger partial charge on any atom is -0.744 e. The summed E-state index contributed by atoms with van der Waals surface area (Å²) in [6.45, 7) is 17.7. The zero-order valence-corrected chi connectivity index (χ0v) is 16.3. The molecule has 0 amide bonds. The van der Waals surface area contributed by atoms with Crippen LogP contribution >= 0.6 is 0 Å². The minimum absolute atomic E-state index is 0. The molecule has 2 rings (SSSR count). The fourth-order valence-corrected chi connectivity index (χ4v) is 2.82. The van der Waals surface area contributed by atoms with E-state index in [-0.39, 0.29) is 40.3 Å². The van der Waals surface area contributed by atoms with E-state index in [2.05, 4.69) is 9.69 Å². The maximum Gasteiger partial charge on any atom is 1.00 e. The van der Waals surface area contributed by atoms with Crippen LogP contribution < -0.4 is 34.5 Å². The first-order valence-electron chi connectivity index (χ1n) is 6.50. The molecule has 1 heterocycles. The molecule has 0 N–H and O–H groups in total. The third-order valence-electron chi connectivity index (χ3n) is 3.29. The van der Waals surface area contributed by atoms with Gasteiger partial charge >= 0.3 is 35.4 Å². The van der Waals surface area contributed by atoms with Gasteiger partial charge in [-0.15, -0.1) is 0 Å². The smallest absolute Gasteiger partial charge is 0.744 e. The van der Waals surface area contributed by atoms with E-state index < -0.39 is 10.1 Å². The van der Waals surface area contributed by atoms with Crippen LogP contribution in [0.1, 0.15) is 13.8 Å². The summed E-state index contributed by atoms with van der Waals surface area (Å²) < 4.78 is 32.9. The summed E-state index contributed by atoms with van der Waals surface area (Å²) in [5, 5.41) is 0. The Morgan fingerprint density at radius 2 is 1.50 bits per heavy atom. The zero-order chi connectivity index (χ0) is 17.2. The number of allylic oxidation sites excluding steroid dienone is 5. The van der Waals surface area contributed by atoms with E-state index in [1.165, 1.54) is 12.1 Å². The fraction of sp³-hybridized carbons (Fsp3) is 0.125. The molecule has 1 aromatic rings. The van der Waals surface area contributed by atoms with Crippen LogP contribution in [0.5, 0.6) is 0 Å². The Morgan fingerprint density at radius 1 is 1.04 bits per heavy atom. The molecule has 0 atom stereocenters. The Kier molecular flexibility index (Phi) is 6.56. The average Bonchev–Trinajstić information content (AvgIpc) is 2.47. The SMILES string of the molecule is [C-]#[N+]C([N+]#[C-])=C1C=C(C)N(c2ccc(S(=O)(=O)[O-])cc2)C(C)=C1.[Na+]. The topological polar surface area (TPSA) is 69.2 Å². The standard InChI is InChI=1S/C16H13N3O3S.Na/c1-11-9-13(16(17-3)18-4)10-12(2)19(11)14-5-7-15(8-6-14)23(20,21)22;/h5-10H,1-2H3,(H,20,21,22);/q;+1/p-1. The average molecular weight is 349 g/mol. The van der Waals surface area contributed by atoms with Gasteiger partial charge in [-0.3, -0.25) is 0 Å². The Labute approximate surface area is 163 Å². The van der Waals surface area contributed by atoms with Gasteiger partial charge in [0.2, 0.25) is 0 Å². The van der Waals surface area contributed by atoms with Crippen molar-refractivity contribution in [2.24, 2.45) is 0 Å². The summed E-state index contributed by atoms with van der Waals surface area (Å²) in [5.41, 5.74) is 2.79. The van der Waals surface area contributed by atoms with E-state index in [9.17, 15) is 13.0 Å². The summed E-state index contributed by atoms with van der Waals surface area (Å²) in [6, 6.07) is 5.60. The summed E-state index contributed by atoms with van der Waals surface area (Å²) in [4.78, 5) is 7.96. The van der Waals surface area contributed by atoms with Gasteiger partial charge in [0.25, 0.3) is 0 Å². The van der Waals surface area contributed by atoms with Crippen molar-refractivity contribution in [2.75, 3.05) is 4.90 Å². The van der Waals surface area contributed by atoms with Gasteiger partial charge in [0.1, 0.15) is 23.3 Å². The van der Waals surface area contributed by atoms with Gasteiger partial charge in [0.15, 0.2) is 0 Å². The van der Waals surface area contributed by atoms with Crippen LogP contribution in [0.3, 0.4) is 0 Å². The number of benzene rings is 1. The van der Waals surface area contributed by atoms with Crippen LogP contribution in [0.15, 0.2) is 64.1 Å². The van der Waals surface area contributed by atoms with Crippen molar-refractivity contribution in [1.29, 1.82) is 0 Å². The third kappa shape index (κ3) is 4.15. The molecule has 0 saturated carbocycles. The van der Waals surface area contributed by atoms with Gasteiger partial charge in [-0.2, -0.15) is 9.69 Å². The second-order valence-corrected chi connectivity index (χ2v) is 6.24. The summed E-state index contributed by atoms with van der Waals surface area (Å²) in [6.07, 6.45) is 3.44. The van der Waals surface area contributed by atoms with Gasteiger partial charge in [-0.1, -0.05) is 0 Å². The van der Waals surface area contributed by atoms with Crippen molar-refractivity contribution >= 4 is 15.8 Å². The number of rotatable bonds is 2. The Morgan fingerprint density at radius 3 is 1.88 bits per heavy atom. The van der Waals surface area contributed by atoms with Crippen LogP contribution in [0.4, 0.5) is 5.69 Å². The van der Waals surface area contributed by atoms with Crippen molar-refractivity contribution in [3.05, 3.63) is 82.0 Å². The van der Waals surface area contributed by atoms with Crippen molar-refractivity contribution < 1.29 is 42.5 Å². The fourth-order valence-electron chi connectivity index (χ4n) is 2.35. The number of hydrogen-bond donors (Lipinski definition) is 0. The van der Waals surface area contributed by atoms with E-state index in [4.69, 9.17) is 13.1 Å². The van der Waals surface area contributed by atoms with E-state index in [0.717, 1.165) is 11.4 Å². The molecule has 0 saturated heterocycles. The first-order chi connectivity index (χ1) is 10.8. The molecule has 0 bridgehead atoms. The molecule has 24 heavy (non-hydrogen) atoms. The molecule has 0 aliphatic carbocycles. The molecule has 6 nitrogen and oxygen atoms in total. The normalized spacial score (nSPS) is 13.9. The summed E-state index contributed by atoms with van der Waals surface area (Å²) in [5.74, 6) is -0.00357. The van der Waals surface area contributed by atoms with Gasteiger partial charge in [0, 0.05) is 17.1 Å². The largest absolute Gasteiger partial charge is 1.00 e. The van der Waals surface area contributed by atoms with Gasteiger partial charge in [-0.25, -0.2) is 8.42 Å². The molecule has 0 spiro atoms. The maximum absolute atomic E-state index is 11.0. The second kappa shape index (κ2) is 7.80. The quantitative estimate of drug-likeness (QED) is 0.437. The Balaban J connectivity index is 0.00000288. The Hall–Kier alpha value is -1.87. The maximum atomic E-state index is 11.0. The summed E-state index contributed by atoms with van der Waals surface area (Å²) in [7, 11) is -4.48. The van der Waals surface area contributed by atoms with E-state index in [1.807, 2.05) is 18.7 Å². The molecule has 0 radical (unpaired) electrons. The van der Waals surface area contributed by atoms with Gasteiger partial charge in [0.05, 0.1) is 10.5 Å². The molecule has 0 fully saturated rings. The molecular weight excluding hydrogens is 337 g/mol. The van der Waals surface area contributed by atoms with Crippen LogP contribution in [0.25, 0.3) is 9.69 Å². The zero-order valence-electron chi connectivity index (χ0n) is 13.4. The monoisotopic (exact) mass is 349 g/mol. The first-order valence-corrected chi connectivity index (χ1v) is 7.90. The van der Waals surface area contributed by atoms with Gasteiger partial charge in [-0.05, 0) is 50.3 Å². The molecule has 8 heteroatoms. The summed E-state index contributed by atoms with van der Waals surface area (Å²) >= 11 is 0. The first kappa shape index (κ1) is 20.2. The molecule has 1 aliphatic heterocycles. The minimum atomic E-state index is -4.48. The van der Waals surface area contributed by atoms with E-state index in [0.29, 0.717) is 11.3 Å². The number of nitrogens with zero attached hydrogens (tertiary/aromatic N) is 3. The van der Waals surface area contributed by atoms with Crippen molar-refractivity contribution in [3.63, 3.8) is 0 Å². The molecule has 1 aliphatic rings. The predicted octanol–water partition coefficient (Wildman–Crippen LogP) is 0.272. The van der Waals surface area contributed by atoms with Crippen LogP contribution in [-0.2, 0) is 10.1 Å². The van der Waals surface area contributed by atoms with E-state index >= 15 is 0 Å². The molecule has 0 aromatic heterocycles. The van der Waals surface area contributed by atoms with Crippen LogP contribution in [0.2, 0.25) is 0 Å². The van der Waals surface area contributed by atoms with Crippen molar-refractivity contribution in [3.8, 4) is 0 Å². The van der Waals surface area contributed by atoms with Crippen LogP contribution in [-0.4, -0.2) is 13.0 Å². The molecular formula is C16H12N3NaO3S. The van der Waals surface area contributed by atoms with Crippen molar-refractivity contribution in [2.45, 2.75) is 18.7 Å². The number of anilines is 1. The van der Waals surface area contributed by atoms with E-state index in [1.54, 1.807) is 24.3 Å². The van der Waals surface area contributed by atoms with Crippen molar-refractivity contribution in [1.82, 2.24) is 0 Å². The Bertz CT molecular complexity index is 892. The molecule has 1 aromatic carbocycles. The second-order valence-electron chi connectivity index (χ2n) is 4.86. The third-order valence-corrected chi connectivity index (χ3v) is 4.14. The van der Waals surface area contributed by atoms with Crippen LogP contribution in [0, 0.1) is 13.1 Å². The predicted molar refractivity (Wildman–Crippen MR) is 84.6 cm³/mol. The molecule has 116 valence electrons. The number of hydrogen-bond acceptors (Lipinski definition) is 4. The van der Waals surface area contributed by atoms with Gasteiger partial charge < -0.3 is 9.45 Å². The molecule has 0 unspecified atom stereocenters.